The van der Waals surface area contributed by atoms with Gasteiger partial charge in [0.2, 0.25) is 0 Å². The summed E-state index contributed by atoms with van der Waals surface area (Å²) in [6.45, 7) is 4.15. The van der Waals surface area contributed by atoms with Crippen molar-refractivity contribution < 1.29 is 9.90 Å². The van der Waals surface area contributed by atoms with Gasteiger partial charge in [0.15, 0.2) is 0 Å². The number of hydrogen-bond donors (Lipinski definition) is 1. The van der Waals surface area contributed by atoms with E-state index in [0.717, 1.165) is 37.7 Å². The number of carboxylic acids is 1. The van der Waals surface area contributed by atoms with Crippen LogP contribution >= 0.6 is 0 Å². The standard InChI is InChI=1S/C15H23N3O2/c1-17(2)10-12-4-7-18(8-5-12)11-13-3-6-16-14(9-13)15(19)20/h3,6,9,12H,4-5,7-8,10-11H2,1-2H3,(H,19,20). The van der Waals surface area contributed by atoms with Crippen molar-refractivity contribution in [1.82, 2.24) is 14.8 Å². The highest BCUT2D eigenvalue weighted by Crippen LogP contribution is 2.19. The van der Waals surface area contributed by atoms with Gasteiger partial charge in [-0.2, -0.15) is 0 Å². The summed E-state index contributed by atoms with van der Waals surface area (Å²) in [5.74, 6) is -0.176. The molecule has 0 amide bonds. The molecule has 110 valence electrons. The van der Waals surface area contributed by atoms with E-state index in [1.807, 2.05) is 6.07 Å². The molecule has 0 aromatic carbocycles. The van der Waals surface area contributed by atoms with Crippen molar-refractivity contribution in [2.45, 2.75) is 19.4 Å². The van der Waals surface area contributed by atoms with Crippen LogP contribution in [0.4, 0.5) is 0 Å². The van der Waals surface area contributed by atoms with E-state index in [1.54, 1.807) is 12.3 Å². The summed E-state index contributed by atoms with van der Waals surface area (Å²) < 4.78 is 0. The van der Waals surface area contributed by atoms with Crippen LogP contribution in [0.1, 0.15) is 28.9 Å². The van der Waals surface area contributed by atoms with Crippen LogP contribution in [0.5, 0.6) is 0 Å². The van der Waals surface area contributed by atoms with Gasteiger partial charge in [-0.15, -0.1) is 0 Å². The normalized spacial score (nSPS) is 17.6. The van der Waals surface area contributed by atoms with E-state index >= 15 is 0 Å². The Morgan fingerprint density at radius 1 is 1.45 bits per heavy atom. The molecule has 1 aliphatic heterocycles. The average molecular weight is 277 g/mol. The van der Waals surface area contributed by atoms with Crippen LogP contribution in [0.3, 0.4) is 0 Å². The summed E-state index contributed by atoms with van der Waals surface area (Å²) in [7, 11) is 4.24. The molecule has 2 heterocycles. The van der Waals surface area contributed by atoms with Crippen molar-refractivity contribution in [3.8, 4) is 0 Å². The first-order valence-corrected chi connectivity index (χ1v) is 7.10. The molecule has 1 aromatic rings. The number of hydrogen-bond acceptors (Lipinski definition) is 4. The van der Waals surface area contributed by atoms with E-state index in [4.69, 9.17) is 5.11 Å². The molecule has 0 aliphatic carbocycles. The van der Waals surface area contributed by atoms with E-state index < -0.39 is 5.97 Å². The highest BCUT2D eigenvalue weighted by atomic mass is 16.4. The van der Waals surface area contributed by atoms with Gasteiger partial charge in [-0.3, -0.25) is 4.90 Å². The molecule has 0 radical (unpaired) electrons. The lowest BCUT2D eigenvalue weighted by molar-refractivity contribution is 0.0690. The molecule has 0 spiro atoms. The Balaban J connectivity index is 1.86. The Hall–Kier alpha value is -1.46. The van der Waals surface area contributed by atoms with Gasteiger partial charge in [0.05, 0.1) is 0 Å². The number of aromatic carboxylic acids is 1. The quantitative estimate of drug-likeness (QED) is 0.885. The maximum Gasteiger partial charge on any atom is 0.354 e. The van der Waals surface area contributed by atoms with E-state index in [9.17, 15) is 4.79 Å². The fourth-order valence-electron chi connectivity index (χ4n) is 2.79. The predicted molar refractivity (Wildman–Crippen MR) is 77.8 cm³/mol. The Bertz CT molecular complexity index is 454. The van der Waals surface area contributed by atoms with Crippen LogP contribution in [0.25, 0.3) is 0 Å². The van der Waals surface area contributed by atoms with Crippen molar-refractivity contribution in [3.05, 3.63) is 29.6 Å². The fourth-order valence-corrected chi connectivity index (χ4v) is 2.79. The minimum absolute atomic E-state index is 0.130. The van der Waals surface area contributed by atoms with Gasteiger partial charge >= 0.3 is 5.97 Å². The molecule has 1 N–H and O–H groups in total. The molecule has 2 rings (SSSR count). The predicted octanol–water partition coefficient (Wildman–Crippen LogP) is 1.55. The first-order valence-electron chi connectivity index (χ1n) is 7.10. The Kier molecular flexibility index (Phi) is 5.09. The number of nitrogens with zero attached hydrogens (tertiary/aromatic N) is 3. The molecule has 0 atom stereocenters. The number of pyridine rings is 1. The molecule has 5 nitrogen and oxygen atoms in total. The first-order chi connectivity index (χ1) is 9.54. The zero-order valence-corrected chi connectivity index (χ0v) is 12.2. The molecule has 0 saturated carbocycles. The van der Waals surface area contributed by atoms with Gasteiger partial charge in [0.1, 0.15) is 5.69 Å². The summed E-state index contributed by atoms with van der Waals surface area (Å²) in [5.41, 5.74) is 1.16. The van der Waals surface area contributed by atoms with Crippen molar-refractivity contribution in [2.24, 2.45) is 5.92 Å². The first kappa shape index (κ1) is 14.9. The second-order valence-corrected chi connectivity index (χ2v) is 5.84. The number of carbonyl (C=O) groups is 1. The lowest BCUT2D eigenvalue weighted by Gasteiger charge is -2.33. The van der Waals surface area contributed by atoms with E-state index in [2.05, 4.69) is 28.9 Å². The van der Waals surface area contributed by atoms with Gasteiger partial charge in [0.25, 0.3) is 0 Å². The van der Waals surface area contributed by atoms with Crippen LogP contribution in [-0.4, -0.2) is 59.6 Å². The lowest BCUT2D eigenvalue weighted by Crippen LogP contribution is -2.36. The van der Waals surface area contributed by atoms with Gasteiger partial charge in [0, 0.05) is 19.3 Å². The molecule has 0 bridgehead atoms. The third-order valence-electron chi connectivity index (χ3n) is 3.78. The van der Waals surface area contributed by atoms with Crippen molar-refractivity contribution in [1.29, 1.82) is 0 Å². The van der Waals surface area contributed by atoms with Crippen molar-refractivity contribution in [2.75, 3.05) is 33.7 Å². The molecule has 1 fully saturated rings. The second-order valence-electron chi connectivity index (χ2n) is 5.84. The largest absolute Gasteiger partial charge is 0.477 e. The zero-order chi connectivity index (χ0) is 14.5. The van der Waals surface area contributed by atoms with Crippen LogP contribution in [-0.2, 0) is 6.54 Å². The van der Waals surface area contributed by atoms with Crippen LogP contribution in [0, 0.1) is 5.92 Å². The maximum atomic E-state index is 10.9. The van der Waals surface area contributed by atoms with Crippen molar-refractivity contribution >= 4 is 5.97 Å². The monoisotopic (exact) mass is 277 g/mol. The van der Waals surface area contributed by atoms with Gasteiger partial charge in [-0.25, -0.2) is 9.78 Å². The molecule has 1 saturated heterocycles. The number of likely N-dealkylation sites (tertiary alicyclic amines) is 1. The average Bonchev–Trinajstić information content (AvgIpc) is 2.41. The molecule has 5 heteroatoms. The van der Waals surface area contributed by atoms with Gasteiger partial charge in [-0.05, 0) is 63.6 Å². The minimum Gasteiger partial charge on any atom is -0.477 e. The topological polar surface area (TPSA) is 56.7 Å². The second kappa shape index (κ2) is 6.81. The molecule has 20 heavy (non-hydrogen) atoms. The lowest BCUT2D eigenvalue weighted by atomic mass is 9.96. The van der Waals surface area contributed by atoms with E-state index in [-0.39, 0.29) is 5.69 Å². The Labute approximate surface area is 120 Å². The third kappa shape index (κ3) is 4.28. The number of rotatable bonds is 5. The highest BCUT2D eigenvalue weighted by Gasteiger charge is 2.19. The molecular formula is C15H23N3O2. The third-order valence-corrected chi connectivity index (χ3v) is 3.78. The number of piperidine rings is 1. The zero-order valence-electron chi connectivity index (χ0n) is 12.2. The Morgan fingerprint density at radius 2 is 2.15 bits per heavy atom. The molecule has 0 unspecified atom stereocenters. The molecular weight excluding hydrogens is 254 g/mol. The minimum atomic E-state index is -0.962. The molecule has 1 aromatic heterocycles. The van der Waals surface area contributed by atoms with Gasteiger partial charge in [-0.1, -0.05) is 0 Å². The molecule has 1 aliphatic rings. The van der Waals surface area contributed by atoms with Crippen molar-refractivity contribution in [3.63, 3.8) is 0 Å². The summed E-state index contributed by atoms with van der Waals surface area (Å²) in [5, 5.41) is 8.95. The highest BCUT2D eigenvalue weighted by molar-refractivity contribution is 5.85. The summed E-state index contributed by atoms with van der Waals surface area (Å²) in [6.07, 6.45) is 4.02. The Morgan fingerprint density at radius 3 is 2.75 bits per heavy atom. The summed E-state index contributed by atoms with van der Waals surface area (Å²) >= 11 is 0. The van der Waals surface area contributed by atoms with Crippen LogP contribution < -0.4 is 0 Å². The fraction of sp³-hybridized carbons (Fsp3) is 0.600. The maximum absolute atomic E-state index is 10.9. The van der Waals surface area contributed by atoms with E-state index in [1.165, 1.54) is 12.8 Å². The number of carboxylic acid groups (broad SMARTS) is 1. The number of aromatic nitrogens is 1. The summed E-state index contributed by atoms with van der Waals surface area (Å²) in [6, 6.07) is 3.58. The van der Waals surface area contributed by atoms with E-state index in [0.29, 0.717) is 0 Å². The van der Waals surface area contributed by atoms with Gasteiger partial charge < -0.3 is 10.0 Å². The smallest absolute Gasteiger partial charge is 0.354 e. The van der Waals surface area contributed by atoms with Crippen LogP contribution in [0.15, 0.2) is 18.3 Å². The summed E-state index contributed by atoms with van der Waals surface area (Å²) in [4.78, 5) is 19.4. The SMILES string of the molecule is CN(C)CC1CCN(Cc2ccnc(C(=O)O)c2)CC1. The van der Waals surface area contributed by atoms with Crippen LogP contribution in [0.2, 0.25) is 0 Å².